The first-order chi connectivity index (χ1) is 15.3. The summed E-state index contributed by atoms with van der Waals surface area (Å²) in [6.45, 7) is 0. The van der Waals surface area contributed by atoms with Gasteiger partial charge in [0, 0.05) is 16.6 Å². The van der Waals surface area contributed by atoms with Crippen LogP contribution in [0.1, 0.15) is 15.9 Å². The number of carbonyl (C=O) groups excluding carboxylic acids is 1. The van der Waals surface area contributed by atoms with Gasteiger partial charge >= 0.3 is 6.18 Å². The van der Waals surface area contributed by atoms with Crippen molar-refractivity contribution in [3.8, 4) is 17.3 Å². The molecule has 5 aromatic rings. The monoisotopic (exact) mass is 437 g/mol. The van der Waals surface area contributed by atoms with Gasteiger partial charge < -0.3 is 15.4 Å². The van der Waals surface area contributed by atoms with Crippen LogP contribution in [-0.2, 0) is 6.18 Å². The maximum absolute atomic E-state index is 13.0. The van der Waals surface area contributed by atoms with Gasteiger partial charge in [-0.2, -0.15) is 18.3 Å². The van der Waals surface area contributed by atoms with E-state index in [4.69, 9.17) is 0 Å². The number of aromatic amines is 2. The first-order valence-electron chi connectivity index (χ1n) is 9.44. The van der Waals surface area contributed by atoms with E-state index in [1.165, 1.54) is 18.2 Å². The van der Waals surface area contributed by atoms with Gasteiger partial charge in [-0.25, -0.2) is 4.98 Å². The topological polar surface area (TPSA) is 107 Å². The molecule has 10 heteroatoms. The number of fused-ring (bicyclic) bond motifs is 2. The van der Waals surface area contributed by atoms with E-state index >= 15 is 0 Å². The smallest absolute Gasteiger partial charge is 0.416 e. The maximum atomic E-state index is 13.0. The van der Waals surface area contributed by atoms with Gasteiger partial charge in [-0.05, 0) is 60.7 Å². The van der Waals surface area contributed by atoms with Crippen LogP contribution in [0.15, 0.2) is 60.7 Å². The van der Waals surface area contributed by atoms with Crippen LogP contribution >= 0.6 is 0 Å². The molecule has 0 saturated carbocycles. The lowest BCUT2D eigenvalue weighted by atomic mass is 10.1. The lowest BCUT2D eigenvalue weighted by Crippen LogP contribution is -2.11. The number of rotatable bonds is 3. The zero-order chi connectivity index (χ0) is 22.5. The molecule has 0 bridgehead atoms. The standard InChI is InChI=1S/C22H14F3N5O2/c23-22(24,25)12-2-8-16-18(10-12)28-20(27-16)19-15-7-1-11(9-17(15)29-30-19)21(32)26-13-3-5-14(31)6-4-13/h1-10,31H,(H,26,32)(H,27,28)(H,29,30). The number of phenols is 1. The number of nitrogens with zero attached hydrogens (tertiary/aromatic N) is 2. The predicted molar refractivity (Wildman–Crippen MR) is 112 cm³/mol. The maximum Gasteiger partial charge on any atom is 0.416 e. The number of imidazole rings is 1. The molecule has 0 fully saturated rings. The number of halogens is 3. The van der Waals surface area contributed by atoms with Gasteiger partial charge in [-0.3, -0.25) is 9.89 Å². The number of hydrogen-bond acceptors (Lipinski definition) is 4. The highest BCUT2D eigenvalue weighted by Gasteiger charge is 2.31. The zero-order valence-electron chi connectivity index (χ0n) is 16.2. The molecule has 0 atom stereocenters. The van der Waals surface area contributed by atoms with E-state index in [1.807, 2.05) is 0 Å². The van der Waals surface area contributed by atoms with Crippen molar-refractivity contribution in [2.75, 3.05) is 5.32 Å². The molecule has 0 aliphatic carbocycles. The van der Waals surface area contributed by atoms with Crippen LogP contribution in [0.3, 0.4) is 0 Å². The Labute approximate surface area is 177 Å². The largest absolute Gasteiger partial charge is 0.508 e. The van der Waals surface area contributed by atoms with E-state index in [9.17, 15) is 23.1 Å². The Morgan fingerprint density at radius 2 is 1.75 bits per heavy atom. The molecule has 32 heavy (non-hydrogen) atoms. The second-order valence-corrected chi connectivity index (χ2v) is 7.15. The van der Waals surface area contributed by atoms with E-state index in [0.29, 0.717) is 39.2 Å². The van der Waals surface area contributed by atoms with Crippen molar-refractivity contribution in [1.82, 2.24) is 20.2 Å². The van der Waals surface area contributed by atoms with Crippen LogP contribution in [0.25, 0.3) is 33.5 Å². The molecule has 0 radical (unpaired) electrons. The summed E-state index contributed by atoms with van der Waals surface area (Å²) in [5, 5.41) is 19.8. The number of aromatic nitrogens is 4. The number of aromatic hydroxyl groups is 1. The third kappa shape index (κ3) is 3.51. The summed E-state index contributed by atoms with van der Waals surface area (Å²) >= 11 is 0. The lowest BCUT2D eigenvalue weighted by Gasteiger charge is -2.05. The van der Waals surface area contributed by atoms with Crippen LogP contribution in [0.2, 0.25) is 0 Å². The fraction of sp³-hybridized carbons (Fsp3) is 0.0455. The Morgan fingerprint density at radius 1 is 0.969 bits per heavy atom. The highest BCUT2D eigenvalue weighted by molar-refractivity contribution is 6.07. The number of carbonyl (C=O) groups is 1. The number of alkyl halides is 3. The quantitative estimate of drug-likeness (QED) is 0.295. The highest BCUT2D eigenvalue weighted by Crippen LogP contribution is 2.32. The number of benzene rings is 3. The molecule has 2 heterocycles. The van der Waals surface area contributed by atoms with Crippen molar-refractivity contribution in [3.05, 3.63) is 71.8 Å². The molecule has 0 saturated heterocycles. The number of amides is 1. The van der Waals surface area contributed by atoms with Crippen molar-refractivity contribution in [3.63, 3.8) is 0 Å². The fourth-order valence-corrected chi connectivity index (χ4v) is 3.38. The SMILES string of the molecule is O=C(Nc1ccc(O)cc1)c1ccc2c(-c3nc4cc(C(F)(F)F)ccc4[nH]3)n[nH]c2c1. The summed E-state index contributed by atoms with van der Waals surface area (Å²) in [6, 6.07) is 14.3. The molecular formula is C22H14F3N5O2. The molecule has 0 spiro atoms. The highest BCUT2D eigenvalue weighted by atomic mass is 19.4. The van der Waals surface area contributed by atoms with Gasteiger partial charge in [0.1, 0.15) is 11.4 Å². The molecule has 0 aliphatic heterocycles. The summed E-state index contributed by atoms with van der Waals surface area (Å²) < 4.78 is 38.9. The lowest BCUT2D eigenvalue weighted by molar-refractivity contribution is -0.137. The minimum atomic E-state index is -4.45. The summed E-state index contributed by atoms with van der Waals surface area (Å²) in [4.78, 5) is 19.8. The van der Waals surface area contributed by atoms with Gasteiger partial charge in [0.05, 0.1) is 22.1 Å². The van der Waals surface area contributed by atoms with Crippen molar-refractivity contribution in [2.24, 2.45) is 0 Å². The van der Waals surface area contributed by atoms with Crippen molar-refractivity contribution in [1.29, 1.82) is 0 Å². The van der Waals surface area contributed by atoms with Crippen LogP contribution in [0.4, 0.5) is 18.9 Å². The minimum Gasteiger partial charge on any atom is -0.508 e. The number of nitrogens with one attached hydrogen (secondary N) is 3. The Bertz CT molecular complexity index is 1470. The number of anilines is 1. The van der Waals surface area contributed by atoms with Gasteiger partial charge in [0.25, 0.3) is 5.91 Å². The predicted octanol–water partition coefficient (Wildman–Crippen LogP) is 5.08. The van der Waals surface area contributed by atoms with E-state index in [-0.39, 0.29) is 17.2 Å². The molecule has 4 N–H and O–H groups in total. The fourth-order valence-electron chi connectivity index (χ4n) is 3.38. The van der Waals surface area contributed by atoms with Gasteiger partial charge in [0.15, 0.2) is 5.82 Å². The van der Waals surface area contributed by atoms with Crippen molar-refractivity contribution < 1.29 is 23.1 Å². The van der Waals surface area contributed by atoms with Crippen molar-refractivity contribution >= 4 is 33.5 Å². The second kappa shape index (κ2) is 7.12. The molecule has 7 nitrogen and oxygen atoms in total. The van der Waals surface area contributed by atoms with Crippen molar-refractivity contribution in [2.45, 2.75) is 6.18 Å². The number of H-pyrrole nitrogens is 2. The number of phenolic OH excluding ortho intramolecular Hbond substituents is 1. The summed E-state index contributed by atoms with van der Waals surface area (Å²) in [5.41, 5.74) is 1.74. The molecular weight excluding hydrogens is 423 g/mol. The van der Waals surface area contributed by atoms with Crippen LogP contribution in [0, 0.1) is 0 Å². The normalized spacial score (nSPS) is 11.8. The van der Waals surface area contributed by atoms with Gasteiger partial charge in [-0.1, -0.05) is 0 Å². The summed E-state index contributed by atoms with van der Waals surface area (Å²) in [5.74, 6) is 0.0543. The third-order valence-electron chi connectivity index (χ3n) is 4.98. The Kier molecular flexibility index (Phi) is 4.36. The Balaban J connectivity index is 1.46. The minimum absolute atomic E-state index is 0.0922. The summed E-state index contributed by atoms with van der Waals surface area (Å²) in [6.07, 6.45) is -4.45. The third-order valence-corrected chi connectivity index (χ3v) is 4.98. The van der Waals surface area contributed by atoms with E-state index in [1.54, 1.807) is 30.3 Å². The second-order valence-electron chi connectivity index (χ2n) is 7.15. The van der Waals surface area contributed by atoms with Gasteiger partial charge in [0.2, 0.25) is 0 Å². The Morgan fingerprint density at radius 3 is 2.50 bits per heavy atom. The molecule has 160 valence electrons. The molecule has 0 unspecified atom stereocenters. The average molecular weight is 437 g/mol. The molecule has 2 aromatic heterocycles. The molecule has 0 aliphatic rings. The zero-order valence-corrected chi connectivity index (χ0v) is 16.2. The number of hydrogen-bond donors (Lipinski definition) is 4. The molecule has 3 aromatic carbocycles. The molecule has 5 rings (SSSR count). The first-order valence-corrected chi connectivity index (χ1v) is 9.44. The molecule has 1 amide bonds. The van der Waals surface area contributed by atoms with E-state index in [0.717, 1.165) is 12.1 Å². The van der Waals surface area contributed by atoms with E-state index in [2.05, 4.69) is 25.5 Å². The average Bonchev–Trinajstić information content (AvgIpc) is 3.37. The van der Waals surface area contributed by atoms with Crippen LogP contribution < -0.4 is 5.32 Å². The van der Waals surface area contributed by atoms with Crippen LogP contribution in [-0.4, -0.2) is 31.2 Å². The van der Waals surface area contributed by atoms with E-state index < -0.39 is 11.7 Å². The summed E-state index contributed by atoms with van der Waals surface area (Å²) in [7, 11) is 0. The van der Waals surface area contributed by atoms with Crippen LogP contribution in [0.5, 0.6) is 5.75 Å². The van der Waals surface area contributed by atoms with Gasteiger partial charge in [-0.15, -0.1) is 0 Å². The Hall–Kier alpha value is -4.34. The first kappa shape index (κ1) is 19.6.